The molecule has 0 fully saturated rings. The number of unbranched alkanes of at least 4 members (excludes halogenated alkanes) is 2. The van der Waals surface area contributed by atoms with Gasteiger partial charge in [-0.2, -0.15) is 0 Å². The Kier molecular flexibility index (Phi) is 13.7. The molecule has 0 aliphatic carbocycles. The van der Waals surface area contributed by atoms with E-state index < -0.39 is 6.16 Å². The number of rotatable bonds is 16. The van der Waals surface area contributed by atoms with Gasteiger partial charge >= 0.3 is 6.16 Å². The Morgan fingerprint density at radius 3 is 2.43 bits per heavy atom. The normalized spacial score (nSPS) is 11.5. The molecule has 8 heteroatoms. The van der Waals surface area contributed by atoms with Gasteiger partial charge in [0.05, 0.1) is 34.8 Å². The summed E-state index contributed by atoms with van der Waals surface area (Å²) >= 11 is 0. The number of Topliss-reactive ketones (excluding diaryl/α,β-unsaturated/α-hetero) is 1. The van der Waals surface area contributed by atoms with E-state index >= 15 is 0 Å². The van der Waals surface area contributed by atoms with Crippen molar-refractivity contribution in [1.82, 2.24) is 5.32 Å². The number of allylic oxidation sites excluding steroid dienone is 2. The molecule has 0 radical (unpaired) electrons. The fourth-order valence-corrected chi connectivity index (χ4v) is 3.19. The van der Waals surface area contributed by atoms with E-state index in [0.29, 0.717) is 31.1 Å². The monoisotopic (exact) mass is 491 g/mol. The molecule has 1 amide bonds. The summed E-state index contributed by atoms with van der Waals surface area (Å²) in [6.45, 7) is 5.16. The molecule has 0 saturated carbocycles. The van der Waals surface area contributed by atoms with E-state index in [0.717, 1.165) is 42.3 Å². The van der Waals surface area contributed by atoms with Gasteiger partial charge in [-0.1, -0.05) is 32.1 Å². The maximum absolute atomic E-state index is 12.1. The van der Waals surface area contributed by atoms with Gasteiger partial charge in [-0.15, -0.1) is 0 Å². The van der Waals surface area contributed by atoms with Crippen molar-refractivity contribution in [3.63, 3.8) is 0 Å². The van der Waals surface area contributed by atoms with Crippen LogP contribution in [0.4, 0.5) is 4.79 Å². The second-order valence-electron chi connectivity index (χ2n) is 9.98. The predicted molar refractivity (Wildman–Crippen MR) is 136 cm³/mol. The highest BCUT2D eigenvalue weighted by Gasteiger charge is 2.15. The average molecular weight is 492 g/mol. The lowest BCUT2D eigenvalue weighted by Gasteiger charge is -2.23. The number of hydrogen-bond acceptors (Lipinski definition) is 6. The summed E-state index contributed by atoms with van der Waals surface area (Å²) in [6, 6.07) is 5.00. The first-order chi connectivity index (χ1) is 16.5. The Bertz CT molecular complexity index is 843. The minimum atomic E-state index is -0.965. The highest BCUT2D eigenvalue weighted by atomic mass is 16.7. The fraction of sp³-hybridized carbons (Fsp3) is 0.593. The molecule has 1 N–H and O–H groups in total. The van der Waals surface area contributed by atoms with Gasteiger partial charge in [0.15, 0.2) is 23.9 Å². The van der Waals surface area contributed by atoms with Crippen molar-refractivity contribution in [2.24, 2.45) is 5.92 Å². The third kappa shape index (κ3) is 14.9. The summed E-state index contributed by atoms with van der Waals surface area (Å²) in [5.74, 6) is 0.904. The van der Waals surface area contributed by atoms with Crippen molar-refractivity contribution in [1.29, 1.82) is 0 Å². The van der Waals surface area contributed by atoms with Gasteiger partial charge in [0, 0.05) is 25.8 Å². The van der Waals surface area contributed by atoms with Crippen molar-refractivity contribution in [3.8, 4) is 11.5 Å². The molecule has 0 unspecified atom stereocenters. The van der Waals surface area contributed by atoms with Crippen molar-refractivity contribution in [2.45, 2.75) is 58.9 Å². The summed E-state index contributed by atoms with van der Waals surface area (Å²) < 4.78 is 16.2. The molecular weight excluding hydrogens is 448 g/mol. The first-order valence-corrected chi connectivity index (χ1v) is 12.3. The number of quaternary nitrogens is 1. The summed E-state index contributed by atoms with van der Waals surface area (Å²) in [6.07, 6.45) is 7.73. The third-order valence-corrected chi connectivity index (χ3v) is 5.09. The first-order valence-electron chi connectivity index (χ1n) is 12.3. The van der Waals surface area contributed by atoms with Crippen LogP contribution in [0.3, 0.4) is 0 Å². The van der Waals surface area contributed by atoms with E-state index in [4.69, 9.17) is 14.2 Å². The number of amides is 1. The van der Waals surface area contributed by atoms with Crippen LogP contribution < -0.4 is 14.8 Å². The topological polar surface area (TPSA) is 90.9 Å². The summed E-state index contributed by atoms with van der Waals surface area (Å²) in [5, 5.41) is 2.89. The summed E-state index contributed by atoms with van der Waals surface area (Å²) in [4.78, 5) is 36.0. The van der Waals surface area contributed by atoms with Crippen LogP contribution in [-0.2, 0) is 20.9 Å². The van der Waals surface area contributed by atoms with E-state index in [1.165, 1.54) is 7.11 Å². The van der Waals surface area contributed by atoms with Gasteiger partial charge in [0.25, 0.3) is 0 Å². The van der Waals surface area contributed by atoms with E-state index in [9.17, 15) is 14.4 Å². The number of carbonyl (C=O) groups excluding carboxylic acids is 3. The molecule has 1 aromatic carbocycles. The van der Waals surface area contributed by atoms with Crippen LogP contribution in [0, 0.1) is 5.92 Å². The van der Waals surface area contributed by atoms with E-state index in [1.54, 1.807) is 18.2 Å². The van der Waals surface area contributed by atoms with Crippen LogP contribution in [-0.4, -0.2) is 63.7 Å². The van der Waals surface area contributed by atoms with E-state index in [-0.39, 0.29) is 24.0 Å². The lowest BCUT2D eigenvalue weighted by Crippen LogP contribution is -2.35. The van der Waals surface area contributed by atoms with Gasteiger partial charge < -0.3 is 24.0 Å². The Morgan fingerprint density at radius 1 is 1.03 bits per heavy atom. The summed E-state index contributed by atoms with van der Waals surface area (Å²) in [7, 11) is 7.62. The molecule has 0 atom stereocenters. The molecule has 8 nitrogen and oxygen atoms in total. The van der Waals surface area contributed by atoms with Crippen LogP contribution in [0.25, 0.3) is 0 Å². The Hall–Kier alpha value is -2.87. The van der Waals surface area contributed by atoms with E-state index in [1.807, 2.05) is 0 Å². The van der Waals surface area contributed by atoms with Gasteiger partial charge in [-0.3, -0.25) is 9.59 Å². The van der Waals surface area contributed by atoms with Crippen molar-refractivity contribution in [3.05, 3.63) is 35.9 Å². The zero-order chi connectivity index (χ0) is 26.3. The predicted octanol–water partition coefficient (Wildman–Crippen LogP) is 4.65. The van der Waals surface area contributed by atoms with Gasteiger partial charge in [-0.05, 0) is 42.9 Å². The quantitative estimate of drug-likeness (QED) is 0.119. The fourth-order valence-electron chi connectivity index (χ4n) is 3.19. The molecule has 0 aliphatic rings. The SMILES string of the molecule is COc1cc(CNC(=O)CCCC/C=C/C(C)C)ccc1OC(=O)OCC(=O)CCC[N+](C)(C)C. The molecule has 0 aliphatic heterocycles. The minimum Gasteiger partial charge on any atom is -0.493 e. The minimum absolute atomic E-state index is 0.00757. The van der Waals surface area contributed by atoms with Gasteiger partial charge in [0.2, 0.25) is 5.91 Å². The third-order valence-electron chi connectivity index (χ3n) is 5.09. The smallest absolute Gasteiger partial charge is 0.493 e. The Labute approximate surface area is 210 Å². The first kappa shape index (κ1) is 30.2. The number of carbonyl (C=O) groups is 3. The van der Waals surface area contributed by atoms with Crippen molar-refractivity contribution < 1.29 is 33.1 Å². The number of nitrogens with zero attached hydrogens (tertiary/aromatic N) is 1. The zero-order valence-corrected chi connectivity index (χ0v) is 22.2. The van der Waals surface area contributed by atoms with Crippen LogP contribution in [0.1, 0.15) is 57.9 Å². The maximum Gasteiger partial charge on any atom is 0.514 e. The van der Waals surface area contributed by atoms with Crippen LogP contribution >= 0.6 is 0 Å². The number of ether oxygens (including phenoxy) is 3. The molecule has 1 aromatic rings. The second-order valence-corrected chi connectivity index (χ2v) is 9.98. The second kappa shape index (κ2) is 15.9. The molecule has 196 valence electrons. The number of benzene rings is 1. The molecule has 0 heterocycles. The average Bonchev–Trinajstić information content (AvgIpc) is 2.78. The lowest BCUT2D eigenvalue weighted by atomic mass is 10.1. The molecule has 1 rings (SSSR count). The Balaban J connectivity index is 2.41. The van der Waals surface area contributed by atoms with Crippen LogP contribution in [0.2, 0.25) is 0 Å². The number of methoxy groups -OCH3 is 1. The lowest BCUT2D eigenvalue weighted by molar-refractivity contribution is -0.870. The number of hydrogen-bond donors (Lipinski definition) is 1. The van der Waals surface area contributed by atoms with Crippen molar-refractivity contribution >= 4 is 17.8 Å². The number of ketones is 1. The van der Waals surface area contributed by atoms with Crippen molar-refractivity contribution in [2.75, 3.05) is 41.4 Å². The largest absolute Gasteiger partial charge is 0.514 e. The van der Waals surface area contributed by atoms with Crippen LogP contribution in [0.5, 0.6) is 11.5 Å². The molecule has 0 bridgehead atoms. The van der Waals surface area contributed by atoms with Gasteiger partial charge in [0.1, 0.15) is 0 Å². The molecule has 0 aromatic heterocycles. The molecular formula is C27H43N2O6+. The highest BCUT2D eigenvalue weighted by molar-refractivity contribution is 5.81. The molecule has 35 heavy (non-hydrogen) atoms. The summed E-state index contributed by atoms with van der Waals surface area (Å²) in [5.41, 5.74) is 0.809. The molecule has 0 spiro atoms. The van der Waals surface area contributed by atoms with Gasteiger partial charge in [-0.25, -0.2) is 4.79 Å². The maximum atomic E-state index is 12.1. The molecule has 0 saturated heterocycles. The number of nitrogens with one attached hydrogen (secondary N) is 1. The highest BCUT2D eigenvalue weighted by Crippen LogP contribution is 2.28. The van der Waals surface area contributed by atoms with E-state index in [2.05, 4.69) is 52.5 Å². The van der Waals surface area contributed by atoms with Crippen LogP contribution in [0.15, 0.2) is 30.4 Å². The zero-order valence-electron chi connectivity index (χ0n) is 22.2. The Morgan fingerprint density at radius 2 is 1.77 bits per heavy atom. The standard InChI is InChI=1S/C27H42N2O6/c1-21(2)12-9-7-8-10-14-26(31)28-19-22-15-16-24(25(18-22)33-6)35-27(32)34-20-23(30)13-11-17-29(3,4)5/h9,12,15-16,18,21H,7-8,10-11,13-14,17,19-20H2,1-6H3/p+1/b12-9+.